The second kappa shape index (κ2) is 16.7. The van der Waals surface area contributed by atoms with Crippen molar-refractivity contribution in [1.29, 1.82) is 0 Å². The van der Waals surface area contributed by atoms with Crippen LogP contribution in [-0.2, 0) is 16.2 Å². The first kappa shape index (κ1) is 23.9. The SMILES string of the molecule is [2H]C([2H])([2H])c1ccc(-c2ccccc2)cc1-c1ccnc(-c2cc(-c3cccc4c3nc(-c3cc(C(C([2H])([2H])[2H])(C([2H])([2H])[2H])C([2H])([2H])[2H])cc(C(C([2H])([2H])[2H])(C([2H])([2H])[2H])C([2H])([2H])[2H])c3O)n4-c3ccc(-c4ccccc4)cc3C([2H])([2H])[2H])cc(C(C)(C)C)c2)c1. The summed E-state index contributed by atoms with van der Waals surface area (Å²) in [5.41, 5.74) is -7.80. The van der Waals surface area contributed by atoms with Crippen molar-refractivity contribution in [2.45, 2.75) is 91.8 Å². The average molecular weight is 888 g/mol. The maximum atomic E-state index is 13.0. The molecule has 0 bridgehead atoms. The predicted octanol–water partition coefficient (Wildman–Crippen LogP) is 16.6. The van der Waals surface area contributed by atoms with Gasteiger partial charge in [0.05, 0.1) is 28.0 Å². The van der Waals surface area contributed by atoms with Gasteiger partial charge in [0, 0.05) is 55.8 Å². The Balaban J connectivity index is 1.45. The molecule has 0 aliphatic rings. The maximum absolute atomic E-state index is 13.0. The first-order valence-electron chi connectivity index (χ1n) is 33.2. The number of phenolic OH excluding ortho intramolecular Hbond substituents is 1. The van der Waals surface area contributed by atoms with Crippen molar-refractivity contribution in [3.63, 3.8) is 0 Å². The van der Waals surface area contributed by atoms with Crippen LogP contribution in [0.25, 0.3) is 83.9 Å². The van der Waals surface area contributed by atoms with Gasteiger partial charge in [0.1, 0.15) is 11.6 Å². The Kier molecular flexibility index (Phi) is 6.08. The van der Waals surface area contributed by atoms with Gasteiger partial charge in [-0.15, -0.1) is 0 Å². The van der Waals surface area contributed by atoms with E-state index in [1.807, 2.05) is 63.2 Å². The molecule has 0 radical (unpaired) electrons. The third kappa shape index (κ3) is 8.49. The Hall–Kier alpha value is -7.04. The second-order valence-electron chi connectivity index (χ2n) is 17.6. The predicted molar refractivity (Wildman–Crippen MR) is 279 cm³/mol. The van der Waals surface area contributed by atoms with Gasteiger partial charge in [-0.1, -0.05) is 165 Å². The number of imidazole rings is 1. The van der Waals surface area contributed by atoms with Crippen LogP contribution in [0.3, 0.4) is 0 Å². The van der Waals surface area contributed by atoms with Crippen LogP contribution in [0.5, 0.6) is 5.75 Å². The molecule has 0 unspecified atom stereocenters. The molecule has 0 aliphatic heterocycles. The third-order valence-corrected chi connectivity index (χ3v) is 11.8. The van der Waals surface area contributed by atoms with E-state index < -0.39 is 105 Å². The molecule has 330 valence electrons. The minimum Gasteiger partial charge on any atom is -0.507 e. The van der Waals surface area contributed by atoms with Gasteiger partial charge in [-0.2, -0.15) is 0 Å². The average Bonchev–Trinajstić information content (AvgIpc) is 0.786. The molecule has 4 heteroatoms. The molecule has 1 N–H and O–H groups in total. The lowest BCUT2D eigenvalue weighted by Gasteiger charge is -2.27. The summed E-state index contributed by atoms with van der Waals surface area (Å²) in [6.45, 7) is -24.9. The van der Waals surface area contributed by atoms with Gasteiger partial charge in [0.2, 0.25) is 0 Å². The quantitative estimate of drug-likeness (QED) is 0.173. The molecular weight excluding hydrogens is 803 g/mol. The lowest BCUT2D eigenvalue weighted by atomic mass is 9.79. The van der Waals surface area contributed by atoms with Crippen LogP contribution in [0.2, 0.25) is 0 Å². The molecule has 0 saturated carbocycles. The summed E-state index contributed by atoms with van der Waals surface area (Å²) in [6, 6.07) is 41.8. The highest BCUT2D eigenvalue weighted by atomic mass is 16.3. The standard InChI is InChI=1S/C62H61N3O/c1-39-25-26-44(42-21-16-13-17-22-42)35-51(39)45-29-30-63-54(36-45)47-32-46(33-48(34-47)60(3,4)5)50-23-18-24-56-57(50)64-59(52-37-49(61(6,7)8)38-53(58(52)66)62(9,10)11)65(56)55-28-27-43(31-40(55)2)41-19-14-12-15-20-41/h12-38,66H,1-11H3/i1D3,2D3,6D3,7D3,8D3,9D3,10D3,11D3. The van der Waals surface area contributed by atoms with Gasteiger partial charge in [-0.3, -0.25) is 9.55 Å². The summed E-state index contributed by atoms with van der Waals surface area (Å²) in [5, 5.41) is 13.0. The molecule has 9 rings (SSSR count). The number of aryl methyl sites for hydroxylation is 2. The molecule has 0 fully saturated rings. The number of para-hydroxylation sites is 1. The molecule has 0 aliphatic carbocycles. The van der Waals surface area contributed by atoms with Gasteiger partial charge < -0.3 is 5.11 Å². The molecule has 0 amide bonds. The number of phenols is 1. The fraction of sp³-hybridized carbons (Fsp3) is 0.226. The number of nitrogens with zero attached hydrogens (tertiary/aromatic N) is 3. The number of hydrogen-bond acceptors (Lipinski definition) is 3. The highest BCUT2D eigenvalue weighted by molar-refractivity contribution is 5.97. The lowest BCUT2D eigenvalue weighted by Crippen LogP contribution is -2.17. The van der Waals surface area contributed by atoms with Crippen molar-refractivity contribution in [3.8, 4) is 78.6 Å². The molecule has 0 spiro atoms. The summed E-state index contributed by atoms with van der Waals surface area (Å²) in [7, 11) is 0. The Morgan fingerprint density at radius 2 is 1.15 bits per heavy atom. The van der Waals surface area contributed by atoms with Crippen molar-refractivity contribution >= 4 is 11.0 Å². The van der Waals surface area contributed by atoms with E-state index in [2.05, 4.69) is 0 Å². The molecular formula is C62H61N3O. The van der Waals surface area contributed by atoms with Crippen molar-refractivity contribution < 1.29 is 38.0 Å². The second-order valence-corrected chi connectivity index (χ2v) is 17.6. The molecule has 0 atom stereocenters. The van der Waals surface area contributed by atoms with Crippen LogP contribution in [0, 0.1) is 13.7 Å². The van der Waals surface area contributed by atoms with E-state index >= 15 is 0 Å². The first-order valence-corrected chi connectivity index (χ1v) is 21.2. The van der Waals surface area contributed by atoms with E-state index in [4.69, 9.17) is 42.9 Å². The van der Waals surface area contributed by atoms with Crippen molar-refractivity contribution in [2.24, 2.45) is 0 Å². The van der Waals surface area contributed by atoms with Crippen LogP contribution in [-0.4, -0.2) is 19.6 Å². The molecule has 2 heterocycles. The van der Waals surface area contributed by atoms with Gasteiger partial charge >= 0.3 is 0 Å². The zero-order chi connectivity index (χ0) is 66.7. The maximum Gasteiger partial charge on any atom is 0.149 e. The van der Waals surface area contributed by atoms with E-state index in [1.54, 1.807) is 91.1 Å². The molecule has 9 aromatic rings. The summed E-state index contributed by atoms with van der Waals surface area (Å²) in [4.78, 5) is 9.81. The Morgan fingerprint density at radius 3 is 1.83 bits per heavy atom. The topological polar surface area (TPSA) is 50.9 Å². The zero-order valence-electron chi connectivity index (χ0n) is 60.4. The molecule has 66 heavy (non-hydrogen) atoms. The number of aromatic hydroxyl groups is 1. The number of fused-ring (bicyclic) bond motifs is 1. The monoisotopic (exact) mass is 888 g/mol. The van der Waals surface area contributed by atoms with E-state index in [0.717, 1.165) is 21.3 Å². The Bertz CT molecular complexity index is 4110. The highest BCUT2D eigenvalue weighted by Gasteiger charge is 2.29. The number of aromatic nitrogens is 3. The largest absolute Gasteiger partial charge is 0.507 e. The van der Waals surface area contributed by atoms with E-state index in [-0.39, 0.29) is 33.9 Å². The van der Waals surface area contributed by atoms with Crippen LogP contribution < -0.4 is 0 Å². The smallest absolute Gasteiger partial charge is 0.149 e. The number of hydrogen-bond donors (Lipinski definition) is 1. The van der Waals surface area contributed by atoms with Crippen LogP contribution >= 0.6 is 0 Å². The van der Waals surface area contributed by atoms with Crippen LogP contribution in [0.4, 0.5) is 0 Å². The minimum absolute atomic E-state index is 0.00686. The number of rotatable bonds is 7. The molecule has 4 nitrogen and oxygen atoms in total. The fourth-order valence-electron chi connectivity index (χ4n) is 8.32. The lowest BCUT2D eigenvalue weighted by molar-refractivity contribution is 0.446. The van der Waals surface area contributed by atoms with E-state index in [9.17, 15) is 5.11 Å². The summed E-state index contributed by atoms with van der Waals surface area (Å²) < 4.78 is 211. The highest BCUT2D eigenvalue weighted by Crippen LogP contribution is 2.45. The zero-order valence-corrected chi connectivity index (χ0v) is 36.4. The molecule has 0 saturated heterocycles. The van der Waals surface area contributed by atoms with Gasteiger partial charge in [0.25, 0.3) is 0 Å². The van der Waals surface area contributed by atoms with Crippen LogP contribution in [0.15, 0.2) is 164 Å². The van der Waals surface area contributed by atoms with E-state index in [1.165, 1.54) is 18.2 Å². The Labute approximate surface area is 425 Å². The van der Waals surface area contributed by atoms with E-state index in [0.29, 0.717) is 45.1 Å². The Morgan fingerprint density at radius 1 is 0.485 bits per heavy atom. The van der Waals surface area contributed by atoms with Crippen molar-refractivity contribution in [1.82, 2.24) is 14.5 Å². The normalized spacial score (nSPS) is 19.1. The summed E-state index contributed by atoms with van der Waals surface area (Å²) >= 11 is 0. The van der Waals surface area contributed by atoms with Crippen molar-refractivity contribution in [3.05, 3.63) is 192 Å². The first-order chi connectivity index (χ1) is 41.3. The van der Waals surface area contributed by atoms with Gasteiger partial charge in [-0.25, -0.2) is 4.98 Å². The molecule has 7 aromatic carbocycles. The number of benzene rings is 7. The van der Waals surface area contributed by atoms with Gasteiger partial charge in [0.15, 0.2) is 0 Å². The van der Waals surface area contributed by atoms with Gasteiger partial charge in [-0.05, 0) is 146 Å². The van der Waals surface area contributed by atoms with Crippen LogP contribution in [0.1, 0.15) is 123 Å². The number of pyridine rings is 1. The summed E-state index contributed by atoms with van der Waals surface area (Å²) in [6.07, 6.45) is 1.54. The van der Waals surface area contributed by atoms with Crippen molar-refractivity contribution in [2.75, 3.05) is 0 Å². The fourth-order valence-corrected chi connectivity index (χ4v) is 8.32. The molecule has 2 aromatic heterocycles. The minimum atomic E-state index is -4.26. The third-order valence-electron chi connectivity index (χ3n) is 11.8. The summed E-state index contributed by atoms with van der Waals surface area (Å²) in [5.74, 6) is -2.21.